The van der Waals surface area contributed by atoms with Gasteiger partial charge < -0.3 is 24.6 Å². The van der Waals surface area contributed by atoms with E-state index in [1.54, 1.807) is 0 Å². The number of phosphoric ester groups is 1. The zero-order chi connectivity index (χ0) is 39.1. The first-order valence-electron chi connectivity index (χ1n) is 21.3. The molecule has 10 nitrogen and oxygen atoms in total. The quantitative estimate of drug-likeness (QED) is 0.0238. The highest BCUT2D eigenvalue weighted by molar-refractivity contribution is 7.47. The lowest BCUT2D eigenvalue weighted by atomic mass is 10.1. The SMILES string of the molecule is CCCC/C=C/CCCCCCCC(=O)O[C@@H](COC(=O)CCCCCCCCCCC/C=C/CCCCCCCC)COP(=O)(O)OC[C@H](O)CO. The molecule has 0 fully saturated rings. The van der Waals surface area contributed by atoms with Crippen LogP contribution in [0, 0.1) is 0 Å². The van der Waals surface area contributed by atoms with Crippen molar-refractivity contribution in [1.82, 2.24) is 0 Å². The van der Waals surface area contributed by atoms with Crippen molar-refractivity contribution in [3.63, 3.8) is 0 Å². The number of phosphoric acid groups is 1. The van der Waals surface area contributed by atoms with Gasteiger partial charge in [0.05, 0.1) is 19.8 Å². The van der Waals surface area contributed by atoms with Crippen molar-refractivity contribution in [2.24, 2.45) is 0 Å². The Bertz CT molecular complexity index is 941. The molecule has 0 aromatic rings. The normalized spacial score (nSPS) is 14.1. The van der Waals surface area contributed by atoms with Gasteiger partial charge in [-0.15, -0.1) is 0 Å². The minimum atomic E-state index is -4.61. The zero-order valence-corrected chi connectivity index (χ0v) is 34.6. The number of allylic oxidation sites excluding steroid dienone is 4. The molecule has 0 aliphatic heterocycles. The molecule has 312 valence electrons. The molecule has 1 unspecified atom stereocenters. The van der Waals surface area contributed by atoms with Crippen molar-refractivity contribution in [3.05, 3.63) is 24.3 Å². The number of hydrogen-bond donors (Lipinski definition) is 3. The van der Waals surface area contributed by atoms with Crippen LogP contribution in [-0.2, 0) is 32.7 Å². The maximum Gasteiger partial charge on any atom is 0.472 e. The van der Waals surface area contributed by atoms with Crippen LogP contribution in [0.25, 0.3) is 0 Å². The lowest BCUT2D eigenvalue weighted by molar-refractivity contribution is -0.161. The van der Waals surface area contributed by atoms with Gasteiger partial charge in [0.2, 0.25) is 0 Å². The number of carbonyl (C=O) groups excluding carboxylic acids is 2. The van der Waals surface area contributed by atoms with Crippen molar-refractivity contribution < 1.29 is 47.8 Å². The second-order valence-corrected chi connectivity index (χ2v) is 15.8. The molecule has 0 radical (unpaired) electrons. The number of esters is 2. The molecule has 0 aromatic heterocycles. The molecule has 0 aromatic carbocycles. The number of ether oxygens (including phenoxy) is 2. The monoisotopic (exact) mass is 775 g/mol. The second kappa shape index (κ2) is 38.7. The highest BCUT2D eigenvalue weighted by Gasteiger charge is 2.27. The second-order valence-electron chi connectivity index (χ2n) is 14.4. The summed E-state index contributed by atoms with van der Waals surface area (Å²) in [5.74, 6) is -0.935. The van der Waals surface area contributed by atoms with Crippen molar-refractivity contribution in [1.29, 1.82) is 0 Å². The number of rotatable bonds is 40. The van der Waals surface area contributed by atoms with Crippen molar-refractivity contribution in [2.75, 3.05) is 26.4 Å². The molecular formula is C42H79O10P. The van der Waals surface area contributed by atoms with Crippen LogP contribution in [0.2, 0.25) is 0 Å². The van der Waals surface area contributed by atoms with Crippen LogP contribution >= 0.6 is 7.82 Å². The van der Waals surface area contributed by atoms with E-state index < -0.39 is 51.8 Å². The van der Waals surface area contributed by atoms with Crippen LogP contribution in [0.3, 0.4) is 0 Å². The summed E-state index contributed by atoms with van der Waals surface area (Å²) in [5, 5.41) is 18.3. The van der Waals surface area contributed by atoms with E-state index in [9.17, 15) is 24.2 Å². The van der Waals surface area contributed by atoms with Gasteiger partial charge in [0.25, 0.3) is 0 Å². The number of hydrogen-bond acceptors (Lipinski definition) is 9. The first kappa shape index (κ1) is 51.5. The van der Waals surface area contributed by atoms with Crippen LogP contribution < -0.4 is 0 Å². The van der Waals surface area contributed by atoms with Crippen LogP contribution in [0.15, 0.2) is 24.3 Å². The minimum Gasteiger partial charge on any atom is -0.462 e. The lowest BCUT2D eigenvalue weighted by Gasteiger charge is -2.20. The molecule has 11 heteroatoms. The van der Waals surface area contributed by atoms with Crippen LogP contribution in [0.1, 0.15) is 194 Å². The largest absolute Gasteiger partial charge is 0.472 e. The Balaban J connectivity index is 4.23. The Hall–Kier alpha value is -1.55. The molecule has 0 heterocycles. The summed E-state index contributed by atoms with van der Waals surface area (Å²) in [6, 6.07) is 0. The van der Waals surface area contributed by atoms with E-state index in [-0.39, 0.29) is 19.4 Å². The molecule has 0 bridgehead atoms. The Kier molecular flexibility index (Phi) is 37.6. The maximum atomic E-state index is 12.5. The van der Waals surface area contributed by atoms with Crippen molar-refractivity contribution in [3.8, 4) is 0 Å². The minimum absolute atomic E-state index is 0.175. The molecule has 0 aliphatic rings. The number of aliphatic hydroxyl groups excluding tert-OH is 2. The van der Waals surface area contributed by atoms with Gasteiger partial charge in [-0.2, -0.15) is 0 Å². The third-order valence-electron chi connectivity index (χ3n) is 9.08. The van der Waals surface area contributed by atoms with E-state index >= 15 is 0 Å². The summed E-state index contributed by atoms with van der Waals surface area (Å²) < 4.78 is 32.6. The summed E-state index contributed by atoms with van der Waals surface area (Å²) >= 11 is 0. The average molecular weight is 775 g/mol. The Morgan fingerprint density at radius 2 is 0.943 bits per heavy atom. The fourth-order valence-corrected chi connectivity index (χ4v) is 6.52. The number of unbranched alkanes of at least 4 members (excludes halogenated alkanes) is 22. The van der Waals surface area contributed by atoms with Gasteiger partial charge in [0.1, 0.15) is 12.7 Å². The average Bonchev–Trinajstić information content (AvgIpc) is 3.14. The summed E-state index contributed by atoms with van der Waals surface area (Å²) in [5.41, 5.74) is 0. The van der Waals surface area contributed by atoms with E-state index in [1.165, 1.54) is 96.3 Å². The van der Waals surface area contributed by atoms with Gasteiger partial charge in [-0.05, 0) is 57.8 Å². The summed E-state index contributed by atoms with van der Waals surface area (Å²) in [4.78, 5) is 34.9. The Morgan fingerprint density at radius 1 is 0.547 bits per heavy atom. The molecule has 0 saturated carbocycles. The van der Waals surface area contributed by atoms with E-state index in [2.05, 4.69) is 42.7 Å². The van der Waals surface area contributed by atoms with Gasteiger partial charge in [-0.1, -0.05) is 147 Å². The van der Waals surface area contributed by atoms with Gasteiger partial charge >= 0.3 is 19.8 Å². The van der Waals surface area contributed by atoms with Crippen molar-refractivity contribution >= 4 is 19.8 Å². The first-order valence-corrected chi connectivity index (χ1v) is 22.8. The fraction of sp³-hybridized carbons (Fsp3) is 0.857. The summed E-state index contributed by atoms with van der Waals surface area (Å²) in [6.45, 7) is 2.33. The fourth-order valence-electron chi connectivity index (χ4n) is 5.73. The molecule has 0 rings (SSSR count). The molecule has 0 aliphatic carbocycles. The highest BCUT2D eigenvalue weighted by Crippen LogP contribution is 2.43. The molecule has 3 N–H and O–H groups in total. The molecule has 3 atom stereocenters. The molecule has 0 saturated heterocycles. The highest BCUT2D eigenvalue weighted by atomic mass is 31.2. The molecule has 53 heavy (non-hydrogen) atoms. The molecule has 0 amide bonds. The third-order valence-corrected chi connectivity index (χ3v) is 10.0. The molecule has 0 spiro atoms. The number of carbonyl (C=O) groups is 2. The van der Waals surface area contributed by atoms with Crippen LogP contribution in [0.5, 0.6) is 0 Å². The Labute approximate surface area is 323 Å². The predicted octanol–water partition coefficient (Wildman–Crippen LogP) is 11.0. The Morgan fingerprint density at radius 3 is 1.42 bits per heavy atom. The van der Waals surface area contributed by atoms with E-state index in [4.69, 9.17) is 19.1 Å². The summed E-state index contributed by atoms with van der Waals surface area (Å²) in [6.07, 6.45) is 37.2. The van der Waals surface area contributed by atoms with Gasteiger partial charge in [-0.25, -0.2) is 4.57 Å². The molecular weight excluding hydrogens is 695 g/mol. The van der Waals surface area contributed by atoms with Crippen LogP contribution in [0.4, 0.5) is 0 Å². The predicted molar refractivity (Wildman–Crippen MR) is 215 cm³/mol. The topological polar surface area (TPSA) is 149 Å². The third kappa shape index (κ3) is 38.5. The zero-order valence-electron chi connectivity index (χ0n) is 33.7. The van der Waals surface area contributed by atoms with E-state index in [0.717, 1.165) is 57.8 Å². The lowest BCUT2D eigenvalue weighted by Crippen LogP contribution is -2.29. The van der Waals surface area contributed by atoms with E-state index in [1.807, 2.05) is 0 Å². The standard InChI is InChI=1S/C42H79O10P/c1-3-5-7-9-11-13-15-16-17-18-19-20-21-22-24-25-27-29-31-33-41(45)49-37-40(38-51-53(47,48)50-36-39(44)35-43)52-42(46)34-32-30-28-26-23-14-12-10-8-6-4-2/h10,12,16-17,39-40,43-44H,3-9,11,13-15,18-38H2,1-2H3,(H,47,48)/b12-10+,17-16+/t39-,40+/m1/s1. The number of aliphatic hydroxyl groups is 2. The smallest absolute Gasteiger partial charge is 0.462 e. The van der Waals surface area contributed by atoms with Gasteiger partial charge in [0, 0.05) is 12.8 Å². The van der Waals surface area contributed by atoms with Crippen molar-refractivity contribution in [2.45, 2.75) is 206 Å². The van der Waals surface area contributed by atoms with Crippen LogP contribution in [-0.4, -0.2) is 65.7 Å². The van der Waals surface area contributed by atoms with Gasteiger partial charge in [0.15, 0.2) is 6.10 Å². The first-order chi connectivity index (χ1) is 25.7. The van der Waals surface area contributed by atoms with E-state index in [0.29, 0.717) is 12.8 Å². The summed E-state index contributed by atoms with van der Waals surface area (Å²) in [7, 11) is -4.61. The maximum absolute atomic E-state index is 12.5. The van der Waals surface area contributed by atoms with Gasteiger partial charge in [-0.3, -0.25) is 18.6 Å².